The van der Waals surface area contributed by atoms with Crippen LogP contribution in [0.25, 0.3) is 11.5 Å². The average molecular weight is 270 g/mol. The number of aromatic nitrogens is 3. The zero-order chi connectivity index (χ0) is 13.9. The van der Waals surface area contributed by atoms with E-state index in [1.165, 1.54) is 5.56 Å². The predicted molar refractivity (Wildman–Crippen MR) is 77.5 cm³/mol. The summed E-state index contributed by atoms with van der Waals surface area (Å²) in [5.41, 5.74) is 3.07. The van der Waals surface area contributed by atoms with Crippen LogP contribution in [0, 0.1) is 0 Å². The van der Waals surface area contributed by atoms with E-state index in [1.54, 1.807) is 6.20 Å². The third-order valence-corrected chi connectivity index (χ3v) is 3.48. The molecule has 0 spiro atoms. The van der Waals surface area contributed by atoms with E-state index in [4.69, 9.17) is 0 Å². The Morgan fingerprint density at radius 1 is 1.30 bits per heavy atom. The highest BCUT2D eigenvalue weighted by atomic mass is 16.3. The second kappa shape index (κ2) is 5.54. The molecule has 0 aliphatic heterocycles. The molecule has 2 aromatic heterocycles. The molecule has 2 aromatic rings. The third kappa shape index (κ3) is 2.49. The summed E-state index contributed by atoms with van der Waals surface area (Å²) in [5.74, 6) is 1.49. The maximum Gasteiger partial charge on any atom is 0.180 e. The van der Waals surface area contributed by atoms with Gasteiger partial charge in [0, 0.05) is 23.5 Å². The molecule has 1 aliphatic carbocycles. The molecule has 5 nitrogen and oxygen atoms in total. The molecule has 0 fully saturated rings. The fourth-order valence-corrected chi connectivity index (χ4v) is 2.44. The van der Waals surface area contributed by atoms with E-state index in [-0.39, 0.29) is 12.6 Å². The minimum atomic E-state index is -0.0221. The van der Waals surface area contributed by atoms with Crippen molar-refractivity contribution in [3.8, 4) is 11.5 Å². The number of hydrogen-bond donors (Lipinski definition) is 2. The van der Waals surface area contributed by atoms with Crippen LogP contribution in [0.2, 0.25) is 0 Å². The number of rotatable bonds is 4. The molecule has 5 heteroatoms. The normalized spacial score (nSPS) is 14.9. The number of aliphatic hydroxyl groups is 1. The maximum atomic E-state index is 9.21. The number of anilines is 1. The quantitative estimate of drug-likeness (QED) is 0.886. The molecule has 0 amide bonds. The van der Waals surface area contributed by atoms with Gasteiger partial charge in [0.2, 0.25) is 0 Å². The van der Waals surface area contributed by atoms with Gasteiger partial charge in [0.1, 0.15) is 11.5 Å². The number of aliphatic hydroxyl groups excluding tert-OH is 1. The standard InChI is InChI=1S/C15H18N4O/c1-10(9-20)17-14-11-5-4-7-12(11)18-15(19-14)13-6-2-3-8-16-13/h2-3,6,8,10,20H,4-5,7,9H2,1H3,(H,17,18,19)/t10-/m0/s1. The fourth-order valence-electron chi connectivity index (χ4n) is 2.44. The van der Waals surface area contributed by atoms with Crippen molar-refractivity contribution in [1.29, 1.82) is 0 Å². The van der Waals surface area contributed by atoms with Crippen LogP contribution in [0.1, 0.15) is 24.6 Å². The van der Waals surface area contributed by atoms with Gasteiger partial charge in [-0.25, -0.2) is 9.97 Å². The van der Waals surface area contributed by atoms with Crippen LogP contribution in [0.5, 0.6) is 0 Å². The Morgan fingerprint density at radius 2 is 2.20 bits per heavy atom. The van der Waals surface area contributed by atoms with Crippen molar-refractivity contribution >= 4 is 5.82 Å². The van der Waals surface area contributed by atoms with Gasteiger partial charge < -0.3 is 10.4 Å². The van der Waals surface area contributed by atoms with E-state index in [9.17, 15) is 5.11 Å². The van der Waals surface area contributed by atoms with Crippen molar-refractivity contribution in [1.82, 2.24) is 15.0 Å². The van der Waals surface area contributed by atoms with Gasteiger partial charge in [-0.15, -0.1) is 0 Å². The van der Waals surface area contributed by atoms with Crippen molar-refractivity contribution in [2.45, 2.75) is 32.2 Å². The Balaban J connectivity index is 2.03. The summed E-state index contributed by atoms with van der Waals surface area (Å²) >= 11 is 0. The number of nitrogens with one attached hydrogen (secondary N) is 1. The molecular weight excluding hydrogens is 252 g/mol. The first kappa shape index (κ1) is 13.0. The highest BCUT2D eigenvalue weighted by molar-refractivity contribution is 5.57. The summed E-state index contributed by atoms with van der Waals surface area (Å²) in [6.45, 7) is 2.02. The summed E-state index contributed by atoms with van der Waals surface area (Å²) in [5, 5.41) is 12.5. The number of pyridine rings is 1. The molecule has 0 radical (unpaired) electrons. The van der Waals surface area contributed by atoms with E-state index in [2.05, 4.69) is 20.3 Å². The number of hydrogen-bond acceptors (Lipinski definition) is 5. The van der Waals surface area contributed by atoms with E-state index < -0.39 is 0 Å². The fraction of sp³-hybridized carbons (Fsp3) is 0.400. The minimum absolute atomic E-state index is 0.0221. The van der Waals surface area contributed by atoms with Crippen LogP contribution in [-0.2, 0) is 12.8 Å². The lowest BCUT2D eigenvalue weighted by Crippen LogP contribution is -2.21. The van der Waals surface area contributed by atoms with Gasteiger partial charge >= 0.3 is 0 Å². The summed E-state index contributed by atoms with van der Waals surface area (Å²) in [6, 6.07) is 5.70. The zero-order valence-corrected chi connectivity index (χ0v) is 11.5. The number of fused-ring (bicyclic) bond motifs is 1. The monoisotopic (exact) mass is 270 g/mol. The molecule has 3 rings (SSSR count). The van der Waals surface area contributed by atoms with Gasteiger partial charge in [0.25, 0.3) is 0 Å². The molecule has 1 aliphatic rings. The molecule has 2 N–H and O–H groups in total. The Hall–Kier alpha value is -2.01. The van der Waals surface area contributed by atoms with Gasteiger partial charge in [0.05, 0.1) is 6.61 Å². The van der Waals surface area contributed by atoms with Crippen LogP contribution in [0.3, 0.4) is 0 Å². The SMILES string of the molecule is C[C@@H](CO)Nc1nc(-c2ccccn2)nc2c1CCC2. The van der Waals surface area contributed by atoms with Gasteiger partial charge in [-0.1, -0.05) is 6.07 Å². The van der Waals surface area contributed by atoms with Crippen molar-refractivity contribution < 1.29 is 5.11 Å². The van der Waals surface area contributed by atoms with Crippen LogP contribution in [0.4, 0.5) is 5.82 Å². The molecule has 1 atom stereocenters. The maximum absolute atomic E-state index is 9.21. The van der Waals surface area contributed by atoms with E-state index in [0.29, 0.717) is 5.82 Å². The van der Waals surface area contributed by atoms with Crippen LogP contribution < -0.4 is 5.32 Å². The van der Waals surface area contributed by atoms with Gasteiger partial charge in [-0.2, -0.15) is 0 Å². The summed E-state index contributed by atoms with van der Waals surface area (Å²) in [4.78, 5) is 13.6. The first-order valence-corrected chi connectivity index (χ1v) is 6.96. The molecular formula is C15H18N4O. The lowest BCUT2D eigenvalue weighted by atomic mass is 10.2. The van der Waals surface area contributed by atoms with E-state index in [0.717, 1.165) is 36.5 Å². The van der Waals surface area contributed by atoms with Gasteiger partial charge in [-0.05, 0) is 38.3 Å². The van der Waals surface area contributed by atoms with Crippen molar-refractivity contribution in [3.63, 3.8) is 0 Å². The summed E-state index contributed by atoms with van der Waals surface area (Å²) in [6.07, 6.45) is 4.84. The minimum Gasteiger partial charge on any atom is -0.394 e. The highest BCUT2D eigenvalue weighted by Gasteiger charge is 2.20. The molecule has 0 bridgehead atoms. The van der Waals surface area contributed by atoms with Crippen LogP contribution in [0.15, 0.2) is 24.4 Å². The number of aryl methyl sites for hydroxylation is 1. The van der Waals surface area contributed by atoms with E-state index in [1.807, 2.05) is 25.1 Å². The second-order valence-corrected chi connectivity index (χ2v) is 5.12. The topological polar surface area (TPSA) is 70.9 Å². The van der Waals surface area contributed by atoms with Crippen molar-refractivity contribution in [2.75, 3.05) is 11.9 Å². The predicted octanol–water partition coefficient (Wildman–Crippen LogP) is 1.82. The second-order valence-electron chi connectivity index (χ2n) is 5.12. The molecule has 104 valence electrons. The Kier molecular flexibility index (Phi) is 3.60. The molecule has 20 heavy (non-hydrogen) atoms. The molecule has 2 heterocycles. The smallest absolute Gasteiger partial charge is 0.180 e. The van der Waals surface area contributed by atoms with Crippen molar-refractivity contribution in [3.05, 3.63) is 35.7 Å². The zero-order valence-electron chi connectivity index (χ0n) is 11.5. The van der Waals surface area contributed by atoms with Gasteiger partial charge in [-0.3, -0.25) is 4.98 Å². The first-order valence-electron chi connectivity index (χ1n) is 6.96. The summed E-state index contributed by atoms with van der Waals surface area (Å²) < 4.78 is 0. The van der Waals surface area contributed by atoms with Crippen LogP contribution in [-0.4, -0.2) is 32.7 Å². The van der Waals surface area contributed by atoms with E-state index >= 15 is 0 Å². The Labute approximate surface area is 118 Å². The first-order chi connectivity index (χ1) is 9.78. The molecule has 0 saturated heterocycles. The lowest BCUT2D eigenvalue weighted by Gasteiger charge is -2.15. The lowest BCUT2D eigenvalue weighted by molar-refractivity contribution is 0.281. The van der Waals surface area contributed by atoms with Crippen LogP contribution >= 0.6 is 0 Å². The van der Waals surface area contributed by atoms with Crippen molar-refractivity contribution in [2.24, 2.45) is 0 Å². The highest BCUT2D eigenvalue weighted by Crippen LogP contribution is 2.28. The largest absolute Gasteiger partial charge is 0.394 e. The Morgan fingerprint density at radius 3 is 2.95 bits per heavy atom. The molecule has 0 saturated carbocycles. The third-order valence-electron chi connectivity index (χ3n) is 3.48. The van der Waals surface area contributed by atoms with Gasteiger partial charge in [0.15, 0.2) is 5.82 Å². The summed E-state index contributed by atoms with van der Waals surface area (Å²) in [7, 11) is 0. The molecule has 0 unspecified atom stereocenters. The number of nitrogens with zero attached hydrogens (tertiary/aromatic N) is 3. The Bertz CT molecular complexity index is 600. The average Bonchev–Trinajstić information content (AvgIpc) is 2.96. The molecule has 0 aromatic carbocycles.